The van der Waals surface area contributed by atoms with Gasteiger partial charge in [-0.3, -0.25) is 0 Å². The van der Waals surface area contributed by atoms with E-state index in [-0.39, 0.29) is 11.8 Å². The third kappa shape index (κ3) is 3.13. The molecule has 1 aromatic rings. The maximum atomic E-state index is 9.31. The minimum atomic E-state index is -0.0134. The summed E-state index contributed by atoms with van der Waals surface area (Å²) in [4.78, 5) is 0. The van der Waals surface area contributed by atoms with E-state index in [2.05, 4.69) is 6.92 Å². The quantitative estimate of drug-likeness (QED) is 0.783. The second-order valence-electron chi connectivity index (χ2n) is 3.67. The predicted molar refractivity (Wildman–Crippen MR) is 61.1 cm³/mol. The van der Waals surface area contributed by atoms with Gasteiger partial charge in [0, 0.05) is 17.7 Å². The van der Waals surface area contributed by atoms with Gasteiger partial charge in [-0.05, 0) is 12.5 Å². The Hall–Kier alpha value is -1.22. The smallest absolute Gasteiger partial charge is 0.127 e. The highest BCUT2D eigenvalue weighted by molar-refractivity contribution is 5.41. The van der Waals surface area contributed by atoms with E-state index in [0.29, 0.717) is 5.75 Å². The van der Waals surface area contributed by atoms with Crippen LogP contribution in [0.4, 0.5) is 0 Å². The molecule has 0 saturated heterocycles. The first-order valence-electron chi connectivity index (χ1n) is 5.31. The van der Waals surface area contributed by atoms with Gasteiger partial charge in [-0.2, -0.15) is 0 Å². The Bertz CT molecular complexity index is 312. The van der Waals surface area contributed by atoms with E-state index in [9.17, 15) is 5.11 Å². The molecule has 0 aromatic heterocycles. The molecule has 1 aromatic carbocycles. The van der Waals surface area contributed by atoms with Crippen molar-refractivity contribution in [1.82, 2.24) is 0 Å². The molecule has 3 nitrogen and oxygen atoms in total. The molecule has 0 saturated carbocycles. The van der Waals surface area contributed by atoms with Crippen LogP contribution in [0.15, 0.2) is 18.2 Å². The van der Waals surface area contributed by atoms with E-state index in [1.165, 1.54) is 0 Å². The Morgan fingerprint density at radius 3 is 2.80 bits per heavy atom. The van der Waals surface area contributed by atoms with E-state index in [1.807, 2.05) is 6.07 Å². The molecule has 0 amide bonds. The summed E-state index contributed by atoms with van der Waals surface area (Å²) < 4.78 is 5.19. The molecule has 0 unspecified atom stereocenters. The van der Waals surface area contributed by atoms with E-state index in [1.54, 1.807) is 19.2 Å². The first kappa shape index (κ1) is 11.9. The number of rotatable bonds is 5. The Morgan fingerprint density at radius 1 is 1.47 bits per heavy atom. The number of ether oxygens (including phenoxy) is 1. The first-order chi connectivity index (χ1) is 7.19. The highest BCUT2D eigenvalue weighted by Gasteiger charge is 2.11. The van der Waals surface area contributed by atoms with Crippen LogP contribution in [0.2, 0.25) is 0 Å². The van der Waals surface area contributed by atoms with E-state index in [4.69, 9.17) is 10.5 Å². The summed E-state index contributed by atoms with van der Waals surface area (Å²) in [5, 5.41) is 9.31. The maximum Gasteiger partial charge on any atom is 0.127 e. The van der Waals surface area contributed by atoms with Crippen LogP contribution >= 0.6 is 0 Å². The van der Waals surface area contributed by atoms with Crippen LogP contribution in [0.25, 0.3) is 0 Å². The topological polar surface area (TPSA) is 55.5 Å². The molecule has 0 aliphatic heterocycles. The van der Waals surface area contributed by atoms with Crippen LogP contribution < -0.4 is 10.5 Å². The fraction of sp³-hybridized carbons (Fsp3) is 0.500. The summed E-state index contributed by atoms with van der Waals surface area (Å²) in [5.74, 6) is 0.872. The zero-order valence-electron chi connectivity index (χ0n) is 9.36. The second-order valence-corrected chi connectivity index (χ2v) is 3.67. The zero-order valence-corrected chi connectivity index (χ0v) is 9.36. The summed E-state index contributed by atoms with van der Waals surface area (Å²) in [5.41, 5.74) is 7.01. The van der Waals surface area contributed by atoms with Gasteiger partial charge in [0.2, 0.25) is 0 Å². The minimum Gasteiger partial charge on any atom is -0.508 e. The van der Waals surface area contributed by atoms with Gasteiger partial charge in [0.1, 0.15) is 11.5 Å². The molecule has 0 aliphatic rings. The Labute approximate surface area is 90.9 Å². The first-order valence-corrected chi connectivity index (χ1v) is 5.31. The average molecular weight is 209 g/mol. The molecule has 0 bridgehead atoms. The largest absolute Gasteiger partial charge is 0.508 e. The summed E-state index contributed by atoms with van der Waals surface area (Å²) >= 11 is 0. The lowest BCUT2D eigenvalue weighted by Gasteiger charge is -2.15. The lowest BCUT2D eigenvalue weighted by atomic mass is 10.0. The van der Waals surface area contributed by atoms with E-state index < -0.39 is 0 Å². The molecular formula is C12H19NO2. The molecule has 1 rings (SSSR count). The van der Waals surface area contributed by atoms with E-state index in [0.717, 1.165) is 24.8 Å². The number of unbranched alkanes of at least 4 members (excludes halogenated alkanes) is 1. The highest BCUT2D eigenvalue weighted by Crippen LogP contribution is 2.29. The SMILES string of the molecule is CCCC[C@H](N)c1ccc(O)cc1OC. The number of hydrogen-bond acceptors (Lipinski definition) is 3. The van der Waals surface area contributed by atoms with Gasteiger partial charge in [-0.25, -0.2) is 0 Å². The third-order valence-electron chi connectivity index (χ3n) is 2.49. The molecule has 1 atom stereocenters. The molecule has 0 aliphatic carbocycles. The van der Waals surface area contributed by atoms with Crippen molar-refractivity contribution in [3.8, 4) is 11.5 Å². The molecule has 0 heterocycles. The molecule has 3 heteroatoms. The van der Waals surface area contributed by atoms with Gasteiger partial charge in [-0.15, -0.1) is 0 Å². The molecule has 0 spiro atoms. The van der Waals surface area contributed by atoms with Crippen molar-refractivity contribution in [2.45, 2.75) is 32.2 Å². The molecular weight excluding hydrogens is 190 g/mol. The number of nitrogens with two attached hydrogens (primary N) is 1. The monoisotopic (exact) mass is 209 g/mol. The van der Waals surface area contributed by atoms with Gasteiger partial charge in [0.05, 0.1) is 7.11 Å². The average Bonchev–Trinajstić information content (AvgIpc) is 2.25. The number of aromatic hydroxyl groups is 1. The highest BCUT2D eigenvalue weighted by atomic mass is 16.5. The van der Waals surface area contributed by atoms with Crippen LogP contribution in [-0.2, 0) is 0 Å². The number of phenolic OH excluding ortho intramolecular Hbond substituents is 1. The number of methoxy groups -OCH3 is 1. The van der Waals surface area contributed by atoms with Crippen molar-refractivity contribution < 1.29 is 9.84 Å². The Morgan fingerprint density at radius 2 is 2.20 bits per heavy atom. The predicted octanol–water partition coefficient (Wildman–Crippen LogP) is 2.59. The van der Waals surface area contributed by atoms with Crippen LogP contribution in [0, 0.1) is 0 Å². The number of benzene rings is 1. The van der Waals surface area contributed by atoms with Crippen LogP contribution in [0.3, 0.4) is 0 Å². The molecule has 84 valence electrons. The zero-order chi connectivity index (χ0) is 11.3. The van der Waals surface area contributed by atoms with Crippen molar-refractivity contribution in [2.24, 2.45) is 5.73 Å². The van der Waals surface area contributed by atoms with Crippen molar-refractivity contribution in [3.63, 3.8) is 0 Å². The summed E-state index contributed by atoms with van der Waals surface area (Å²) in [6, 6.07) is 5.06. The van der Waals surface area contributed by atoms with Gasteiger partial charge in [-0.1, -0.05) is 25.8 Å². The Balaban J connectivity index is 2.82. The van der Waals surface area contributed by atoms with Gasteiger partial charge < -0.3 is 15.6 Å². The standard InChI is InChI=1S/C12H19NO2/c1-3-4-5-11(13)10-7-6-9(14)8-12(10)15-2/h6-8,11,14H,3-5,13H2,1-2H3/t11-/m0/s1. The molecule has 3 N–H and O–H groups in total. The summed E-state index contributed by atoms with van der Waals surface area (Å²) in [6.45, 7) is 2.14. The normalized spacial score (nSPS) is 12.5. The van der Waals surface area contributed by atoms with Gasteiger partial charge in [0.25, 0.3) is 0 Å². The molecule has 15 heavy (non-hydrogen) atoms. The van der Waals surface area contributed by atoms with Gasteiger partial charge in [0.15, 0.2) is 0 Å². The summed E-state index contributed by atoms with van der Waals surface area (Å²) in [6.07, 6.45) is 3.18. The Kier molecular flexibility index (Phi) is 4.43. The lowest BCUT2D eigenvalue weighted by molar-refractivity contribution is 0.397. The number of hydrogen-bond donors (Lipinski definition) is 2. The van der Waals surface area contributed by atoms with Gasteiger partial charge >= 0.3 is 0 Å². The number of phenols is 1. The van der Waals surface area contributed by atoms with Crippen molar-refractivity contribution in [1.29, 1.82) is 0 Å². The summed E-state index contributed by atoms with van der Waals surface area (Å²) in [7, 11) is 1.59. The second kappa shape index (κ2) is 5.61. The van der Waals surface area contributed by atoms with Crippen molar-refractivity contribution in [2.75, 3.05) is 7.11 Å². The van der Waals surface area contributed by atoms with Crippen LogP contribution in [-0.4, -0.2) is 12.2 Å². The van der Waals surface area contributed by atoms with Crippen molar-refractivity contribution in [3.05, 3.63) is 23.8 Å². The lowest BCUT2D eigenvalue weighted by Crippen LogP contribution is -2.11. The molecule has 0 fully saturated rings. The maximum absolute atomic E-state index is 9.31. The van der Waals surface area contributed by atoms with Crippen molar-refractivity contribution >= 4 is 0 Å². The molecule has 0 radical (unpaired) electrons. The van der Waals surface area contributed by atoms with Crippen LogP contribution in [0.5, 0.6) is 11.5 Å². The minimum absolute atomic E-state index is 0.0134. The van der Waals surface area contributed by atoms with Crippen LogP contribution in [0.1, 0.15) is 37.8 Å². The fourth-order valence-electron chi connectivity index (χ4n) is 1.59. The van der Waals surface area contributed by atoms with E-state index >= 15 is 0 Å². The third-order valence-corrected chi connectivity index (χ3v) is 2.49. The fourth-order valence-corrected chi connectivity index (χ4v) is 1.59.